The minimum Gasteiger partial charge on any atom is -0.262 e. The number of nitrogens with zero attached hydrogens (tertiary/aromatic N) is 2. The van der Waals surface area contributed by atoms with E-state index in [0.717, 1.165) is 6.33 Å². The molecule has 2 aromatic rings. The Kier molecular flexibility index (Phi) is 4.29. The molecule has 0 aliphatic carbocycles. The van der Waals surface area contributed by atoms with Gasteiger partial charge in [0.2, 0.25) is 0 Å². The van der Waals surface area contributed by atoms with E-state index in [9.17, 15) is 8.42 Å². The van der Waals surface area contributed by atoms with Gasteiger partial charge in [0.05, 0.1) is 0 Å². The third kappa shape index (κ3) is 3.17. The number of hydrogen-bond acceptors (Lipinski definition) is 4. The quantitative estimate of drug-likeness (QED) is 0.826. The first-order valence-corrected chi connectivity index (χ1v) is 7.88. The molecule has 0 saturated carbocycles. The van der Waals surface area contributed by atoms with Gasteiger partial charge in [-0.05, 0) is 28.1 Å². The van der Waals surface area contributed by atoms with Gasteiger partial charge in [0.1, 0.15) is 16.2 Å². The Balaban J connectivity index is 2.43. The molecule has 0 unspecified atom stereocenters. The number of sulfonamides is 1. The van der Waals surface area contributed by atoms with E-state index in [0.29, 0.717) is 4.47 Å². The van der Waals surface area contributed by atoms with Crippen LogP contribution in [0.15, 0.2) is 40.0 Å². The summed E-state index contributed by atoms with van der Waals surface area (Å²) in [5, 5.41) is -0.0821. The monoisotopic (exact) mass is 381 g/mol. The second-order valence-corrected chi connectivity index (χ2v) is 6.60. The largest absolute Gasteiger partial charge is 0.264 e. The van der Waals surface area contributed by atoms with E-state index in [-0.39, 0.29) is 20.9 Å². The average molecular weight is 383 g/mol. The van der Waals surface area contributed by atoms with E-state index in [2.05, 4.69) is 30.6 Å². The molecule has 9 heteroatoms. The van der Waals surface area contributed by atoms with Gasteiger partial charge in [0.25, 0.3) is 10.0 Å². The van der Waals surface area contributed by atoms with Crippen molar-refractivity contribution in [3.63, 3.8) is 0 Å². The first kappa shape index (κ1) is 14.5. The van der Waals surface area contributed by atoms with Crippen LogP contribution in [0.1, 0.15) is 0 Å². The summed E-state index contributed by atoms with van der Waals surface area (Å²) >= 11 is 14.7. The van der Waals surface area contributed by atoms with Crippen LogP contribution in [0.3, 0.4) is 0 Å². The Bertz CT molecular complexity index is 724. The minimum absolute atomic E-state index is 0.0264. The van der Waals surface area contributed by atoms with E-state index >= 15 is 0 Å². The van der Waals surface area contributed by atoms with Crippen LogP contribution < -0.4 is 4.72 Å². The Labute approximate surface area is 128 Å². The average Bonchev–Trinajstić information content (AvgIpc) is 2.35. The molecule has 0 bridgehead atoms. The summed E-state index contributed by atoms with van der Waals surface area (Å²) in [6, 6.07) is 6.37. The zero-order valence-corrected chi connectivity index (χ0v) is 13.1. The molecule has 0 fully saturated rings. The van der Waals surface area contributed by atoms with Crippen LogP contribution in [-0.4, -0.2) is 18.4 Å². The summed E-state index contributed by atoms with van der Waals surface area (Å²) in [5.41, 5.74) is 0. The number of aromatic nitrogens is 2. The second kappa shape index (κ2) is 5.62. The van der Waals surface area contributed by atoms with Crippen LogP contribution in [0.2, 0.25) is 10.2 Å². The number of benzene rings is 1. The highest BCUT2D eigenvalue weighted by molar-refractivity contribution is 9.10. The van der Waals surface area contributed by atoms with E-state index in [1.807, 2.05) is 0 Å². The van der Waals surface area contributed by atoms with Gasteiger partial charge < -0.3 is 0 Å². The van der Waals surface area contributed by atoms with Gasteiger partial charge in [-0.25, -0.2) is 18.4 Å². The molecule has 19 heavy (non-hydrogen) atoms. The molecule has 5 nitrogen and oxygen atoms in total. The molecular weight excluding hydrogens is 377 g/mol. The lowest BCUT2D eigenvalue weighted by Crippen LogP contribution is -2.15. The number of nitrogens with one attached hydrogen (secondary N) is 1. The van der Waals surface area contributed by atoms with E-state index < -0.39 is 10.0 Å². The molecule has 1 aromatic carbocycles. The predicted molar refractivity (Wildman–Crippen MR) is 77.0 cm³/mol. The number of hydrogen-bond donors (Lipinski definition) is 1. The zero-order valence-electron chi connectivity index (χ0n) is 9.14. The van der Waals surface area contributed by atoms with E-state index in [1.165, 1.54) is 6.07 Å². The van der Waals surface area contributed by atoms with Crippen molar-refractivity contribution in [1.29, 1.82) is 0 Å². The normalized spacial score (nSPS) is 11.3. The number of rotatable bonds is 3. The summed E-state index contributed by atoms with van der Waals surface area (Å²) in [5.74, 6) is -0.0718. The van der Waals surface area contributed by atoms with E-state index in [1.54, 1.807) is 18.2 Å². The van der Waals surface area contributed by atoms with Crippen LogP contribution in [0.4, 0.5) is 5.82 Å². The van der Waals surface area contributed by atoms with Crippen LogP contribution in [0.25, 0.3) is 0 Å². The maximum absolute atomic E-state index is 12.2. The van der Waals surface area contributed by atoms with Crippen molar-refractivity contribution >= 4 is 55.0 Å². The fraction of sp³-hybridized carbons (Fsp3) is 0. The molecule has 0 aliphatic rings. The highest BCUT2D eigenvalue weighted by Gasteiger charge is 2.20. The minimum atomic E-state index is -3.81. The molecule has 0 spiro atoms. The molecule has 1 aromatic heterocycles. The molecule has 1 N–H and O–H groups in total. The van der Waals surface area contributed by atoms with Crippen molar-refractivity contribution in [3.8, 4) is 0 Å². The molecule has 0 radical (unpaired) electrons. The van der Waals surface area contributed by atoms with Crippen LogP contribution in [-0.2, 0) is 10.0 Å². The first-order chi connectivity index (χ1) is 8.92. The molecule has 100 valence electrons. The molecule has 0 aliphatic heterocycles. The summed E-state index contributed by atoms with van der Waals surface area (Å²) in [6.07, 6.45) is 1.12. The predicted octanol–water partition coefficient (Wildman–Crippen LogP) is 3.35. The Morgan fingerprint density at radius 2 is 1.84 bits per heavy atom. The van der Waals surface area contributed by atoms with Crippen LogP contribution >= 0.6 is 39.1 Å². The molecule has 0 amide bonds. The molecular formula is C10H6BrCl2N3O2S. The molecule has 2 rings (SSSR count). The lowest BCUT2D eigenvalue weighted by atomic mass is 10.4. The van der Waals surface area contributed by atoms with Gasteiger partial charge in [0.15, 0.2) is 11.0 Å². The van der Waals surface area contributed by atoms with Crippen molar-refractivity contribution in [3.05, 3.63) is 45.2 Å². The third-order valence-electron chi connectivity index (χ3n) is 2.10. The highest BCUT2D eigenvalue weighted by atomic mass is 79.9. The van der Waals surface area contributed by atoms with Crippen LogP contribution in [0.5, 0.6) is 0 Å². The van der Waals surface area contributed by atoms with Gasteiger partial charge in [0, 0.05) is 4.47 Å². The van der Waals surface area contributed by atoms with Crippen LogP contribution in [0, 0.1) is 0 Å². The lowest BCUT2D eigenvalue weighted by molar-refractivity contribution is 0.600. The van der Waals surface area contributed by atoms with Gasteiger partial charge >= 0.3 is 0 Å². The number of anilines is 1. The zero-order chi connectivity index (χ0) is 14.0. The van der Waals surface area contributed by atoms with Crippen molar-refractivity contribution in [1.82, 2.24) is 9.97 Å². The Hall–Kier alpha value is -0.890. The summed E-state index contributed by atoms with van der Waals surface area (Å²) in [4.78, 5) is 7.45. The summed E-state index contributed by atoms with van der Waals surface area (Å²) in [7, 11) is -3.81. The lowest BCUT2D eigenvalue weighted by Gasteiger charge is -2.09. The highest BCUT2D eigenvalue weighted by Crippen LogP contribution is 2.29. The Morgan fingerprint density at radius 3 is 2.53 bits per heavy atom. The molecule has 1 heterocycles. The second-order valence-electron chi connectivity index (χ2n) is 3.36. The van der Waals surface area contributed by atoms with Crippen molar-refractivity contribution in [2.24, 2.45) is 0 Å². The van der Waals surface area contributed by atoms with Gasteiger partial charge in [-0.3, -0.25) is 4.72 Å². The van der Waals surface area contributed by atoms with Crippen molar-refractivity contribution in [2.75, 3.05) is 4.72 Å². The topological polar surface area (TPSA) is 72.0 Å². The smallest absolute Gasteiger partial charge is 0.262 e. The van der Waals surface area contributed by atoms with E-state index in [4.69, 9.17) is 23.2 Å². The maximum Gasteiger partial charge on any atom is 0.264 e. The van der Waals surface area contributed by atoms with Gasteiger partial charge in [-0.1, -0.05) is 35.3 Å². The van der Waals surface area contributed by atoms with Crippen molar-refractivity contribution in [2.45, 2.75) is 4.90 Å². The third-order valence-corrected chi connectivity index (χ3v) is 5.20. The SMILES string of the molecule is O=S(=O)(Nc1ncnc(Cl)c1Cl)c1ccccc1Br. The summed E-state index contributed by atoms with van der Waals surface area (Å²) in [6.45, 7) is 0. The first-order valence-electron chi connectivity index (χ1n) is 4.85. The Morgan fingerprint density at radius 1 is 1.16 bits per heavy atom. The standard InChI is InChI=1S/C10H6BrCl2N3O2S/c11-6-3-1-2-4-7(6)19(17,18)16-10-8(12)9(13)14-5-15-10/h1-5H,(H,14,15,16). The summed E-state index contributed by atoms with van der Waals surface area (Å²) < 4.78 is 27.1. The molecule has 0 atom stereocenters. The fourth-order valence-electron chi connectivity index (χ4n) is 1.26. The maximum atomic E-state index is 12.2. The van der Waals surface area contributed by atoms with Gasteiger partial charge in [-0.15, -0.1) is 0 Å². The molecule has 0 saturated heterocycles. The van der Waals surface area contributed by atoms with Crippen molar-refractivity contribution < 1.29 is 8.42 Å². The fourth-order valence-corrected chi connectivity index (χ4v) is 3.62. The van der Waals surface area contributed by atoms with Gasteiger partial charge in [-0.2, -0.15) is 0 Å². The number of halogens is 3.